The summed E-state index contributed by atoms with van der Waals surface area (Å²) in [6, 6.07) is 10.7. The molecule has 98 valence electrons. The summed E-state index contributed by atoms with van der Waals surface area (Å²) >= 11 is 0. The first-order valence-corrected chi connectivity index (χ1v) is 7.28. The van der Waals surface area contributed by atoms with Crippen molar-refractivity contribution in [2.45, 2.75) is 57.5 Å². The normalized spacial score (nSPS) is 33.1. The van der Waals surface area contributed by atoms with E-state index in [4.69, 9.17) is 0 Å². The lowest BCUT2D eigenvalue weighted by Crippen LogP contribution is -2.39. The zero-order valence-corrected chi connectivity index (χ0v) is 11.5. The second kappa shape index (κ2) is 4.09. The van der Waals surface area contributed by atoms with Crippen LogP contribution in [0.2, 0.25) is 0 Å². The maximum atomic E-state index is 10.9. The van der Waals surface area contributed by atoms with Gasteiger partial charge in [0.2, 0.25) is 0 Å². The van der Waals surface area contributed by atoms with Crippen LogP contribution >= 0.6 is 0 Å². The van der Waals surface area contributed by atoms with E-state index in [9.17, 15) is 5.11 Å². The third-order valence-electron chi connectivity index (χ3n) is 5.18. The average Bonchev–Trinajstić information content (AvgIpc) is 3.15. The third-order valence-corrected chi connectivity index (χ3v) is 5.18. The van der Waals surface area contributed by atoms with E-state index in [0.29, 0.717) is 17.3 Å². The fourth-order valence-corrected chi connectivity index (χ4v) is 3.59. The van der Waals surface area contributed by atoms with Gasteiger partial charge in [-0.3, -0.25) is 0 Å². The molecule has 2 unspecified atom stereocenters. The van der Waals surface area contributed by atoms with Crippen molar-refractivity contribution in [2.75, 3.05) is 0 Å². The Morgan fingerprint density at radius 1 is 1.00 bits per heavy atom. The lowest BCUT2D eigenvalue weighted by atomic mass is 9.69. The zero-order valence-electron chi connectivity index (χ0n) is 11.5. The molecule has 0 aliphatic heterocycles. The second-order valence-corrected chi connectivity index (χ2v) is 7.13. The minimum atomic E-state index is -0.379. The average molecular weight is 244 g/mol. The topological polar surface area (TPSA) is 20.2 Å². The summed E-state index contributed by atoms with van der Waals surface area (Å²) < 4.78 is 0. The highest BCUT2D eigenvalue weighted by Crippen LogP contribution is 2.58. The Morgan fingerprint density at radius 3 is 2.22 bits per heavy atom. The van der Waals surface area contributed by atoms with Gasteiger partial charge < -0.3 is 5.11 Å². The molecule has 1 nitrogen and oxygen atoms in total. The van der Waals surface area contributed by atoms with Crippen LogP contribution in [0.3, 0.4) is 0 Å². The van der Waals surface area contributed by atoms with Crippen LogP contribution in [0.1, 0.15) is 57.4 Å². The molecule has 0 heterocycles. The number of hydrogen-bond acceptors (Lipinski definition) is 1. The fraction of sp³-hybridized carbons (Fsp3) is 0.647. The van der Waals surface area contributed by atoms with Crippen LogP contribution in [0.25, 0.3) is 0 Å². The first kappa shape index (κ1) is 12.2. The molecular formula is C17H24O. The van der Waals surface area contributed by atoms with E-state index in [1.165, 1.54) is 24.8 Å². The fourth-order valence-electron chi connectivity index (χ4n) is 3.59. The molecule has 1 N–H and O–H groups in total. The molecule has 3 rings (SSSR count). The van der Waals surface area contributed by atoms with Crippen molar-refractivity contribution >= 4 is 0 Å². The van der Waals surface area contributed by atoms with Gasteiger partial charge in [-0.2, -0.15) is 0 Å². The van der Waals surface area contributed by atoms with Gasteiger partial charge in [-0.15, -0.1) is 0 Å². The van der Waals surface area contributed by atoms with Crippen LogP contribution in [0.15, 0.2) is 30.3 Å². The van der Waals surface area contributed by atoms with Crippen molar-refractivity contribution in [2.24, 2.45) is 11.3 Å². The first-order valence-electron chi connectivity index (χ1n) is 7.28. The molecule has 2 aliphatic rings. The third kappa shape index (κ3) is 2.21. The van der Waals surface area contributed by atoms with Gasteiger partial charge in [0.25, 0.3) is 0 Å². The van der Waals surface area contributed by atoms with Gasteiger partial charge >= 0.3 is 0 Å². The molecular weight excluding hydrogens is 220 g/mol. The van der Waals surface area contributed by atoms with Gasteiger partial charge in [-0.05, 0) is 54.9 Å². The van der Waals surface area contributed by atoms with E-state index >= 15 is 0 Å². The van der Waals surface area contributed by atoms with E-state index in [2.05, 4.69) is 44.2 Å². The van der Waals surface area contributed by atoms with Crippen molar-refractivity contribution in [3.05, 3.63) is 35.9 Å². The lowest BCUT2D eigenvalue weighted by molar-refractivity contribution is -0.0450. The molecule has 2 fully saturated rings. The van der Waals surface area contributed by atoms with Crippen LogP contribution < -0.4 is 0 Å². The molecule has 0 bridgehead atoms. The van der Waals surface area contributed by atoms with Gasteiger partial charge in [0.15, 0.2) is 0 Å². The summed E-state index contributed by atoms with van der Waals surface area (Å²) in [6.45, 7) is 4.66. The van der Waals surface area contributed by atoms with Crippen LogP contribution in [0.5, 0.6) is 0 Å². The molecule has 2 saturated carbocycles. The van der Waals surface area contributed by atoms with Crippen molar-refractivity contribution < 1.29 is 5.11 Å². The molecule has 0 saturated heterocycles. The largest absolute Gasteiger partial charge is 0.390 e. The summed E-state index contributed by atoms with van der Waals surface area (Å²) in [4.78, 5) is 0. The highest BCUT2D eigenvalue weighted by atomic mass is 16.3. The Labute approximate surface area is 110 Å². The molecule has 0 radical (unpaired) electrons. The standard InChI is InChI=1S/C17H24O/c1-16(2)8-10-17(18,11-9-16)15-12-14(15)13-6-4-3-5-7-13/h3-7,14-15,18H,8-12H2,1-2H3. The molecule has 2 aliphatic carbocycles. The van der Waals surface area contributed by atoms with Crippen LogP contribution in [0.4, 0.5) is 0 Å². The minimum absolute atomic E-state index is 0.379. The molecule has 1 aromatic carbocycles. The molecule has 0 amide bonds. The van der Waals surface area contributed by atoms with Crippen LogP contribution in [0, 0.1) is 11.3 Å². The Morgan fingerprint density at radius 2 is 1.61 bits per heavy atom. The number of rotatable bonds is 2. The van der Waals surface area contributed by atoms with Gasteiger partial charge in [-0.25, -0.2) is 0 Å². The Balaban J connectivity index is 1.68. The maximum absolute atomic E-state index is 10.9. The van der Waals surface area contributed by atoms with Crippen LogP contribution in [-0.2, 0) is 0 Å². The SMILES string of the molecule is CC1(C)CCC(O)(C2CC2c2ccccc2)CC1. The van der Waals surface area contributed by atoms with Crippen molar-refractivity contribution in [3.8, 4) is 0 Å². The number of aliphatic hydroxyl groups is 1. The van der Waals surface area contributed by atoms with E-state index in [0.717, 1.165) is 12.8 Å². The van der Waals surface area contributed by atoms with E-state index in [1.54, 1.807) is 0 Å². The van der Waals surface area contributed by atoms with E-state index < -0.39 is 0 Å². The molecule has 0 spiro atoms. The van der Waals surface area contributed by atoms with Gasteiger partial charge in [0.05, 0.1) is 5.60 Å². The second-order valence-electron chi connectivity index (χ2n) is 7.13. The summed E-state index contributed by atoms with van der Waals surface area (Å²) in [5.41, 5.74) is 1.47. The van der Waals surface area contributed by atoms with Crippen molar-refractivity contribution in [3.63, 3.8) is 0 Å². The molecule has 18 heavy (non-hydrogen) atoms. The summed E-state index contributed by atoms with van der Waals surface area (Å²) in [6.07, 6.45) is 5.51. The Hall–Kier alpha value is -0.820. The van der Waals surface area contributed by atoms with Crippen molar-refractivity contribution in [1.29, 1.82) is 0 Å². The van der Waals surface area contributed by atoms with E-state index in [-0.39, 0.29) is 5.60 Å². The highest BCUT2D eigenvalue weighted by Gasteiger charge is 2.53. The monoisotopic (exact) mass is 244 g/mol. The summed E-state index contributed by atoms with van der Waals surface area (Å²) in [5.74, 6) is 1.12. The zero-order chi connectivity index (χ0) is 12.8. The van der Waals surface area contributed by atoms with E-state index in [1.807, 2.05) is 0 Å². The minimum Gasteiger partial charge on any atom is -0.390 e. The predicted molar refractivity (Wildman–Crippen MR) is 74.5 cm³/mol. The molecule has 1 heteroatoms. The maximum Gasteiger partial charge on any atom is 0.0682 e. The van der Waals surface area contributed by atoms with Crippen LogP contribution in [-0.4, -0.2) is 10.7 Å². The quantitative estimate of drug-likeness (QED) is 0.829. The lowest BCUT2D eigenvalue weighted by Gasteiger charge is -2.41. The summed E-state index contributed by atoms with van der Waals surface area (Å²) in [7, 11) is 0. The van der Waals surface area contributed by atoms with Gasteiger partial charge in [-0.1, -0.05) is 44.2 Å². The smallest absolute Gasteiger partial charge is 0.0682 e. The molecule has 0 aromatic heterocycles. The first-order chi connectivity index (χ1) is 8.50. The van der Waals surface area contributed by atoms with Gasteiger partial charge in [0, 0.05) is 0 Å². The Kier molecular flexibility index (Phi) is 2.78. The molecule has 2 atom stereocenters. The predicted octanol–water partition coefficient (Wildman–Crippen LogP) is 4.12. The Bertz CT molecular complexity index is 410. The number of hydrogen-bond donors (Lipinski definition) is 1. The highest BCUT2D eigenvalue weighted by molar-refractivity contribution is 5.28. The van der Waals surface area contributed by atoms with Crippen molar-refractivity contribution in [1.82, 2.24) is 0 Å². The molecule has 1 aromatic rings. The van der Waals surface area contributed by atoms with Gasteiger partial charge in [0.1, 0.15) is 0 Å². The summed E-state index contributed by atoms with van der Waals surface area (Å²) in [5, 5.41) is 10.9. The number of benzene rings is 1.